The molecular formula is C18H18N2O6. The highest BCUT2D eigenvalue weighted by atomic mass is 16.5. The molecule has 0 aromatic heterocycles. The number of imide groups is 2. The Kier molecular flexibility index (Phi) is 5.11. The Bertz CT molecular complexity index is 788. The molecule has 1 saturated heterocycles. The maximum Gasteiger partial charge on any atom is 0.308 e. The SMILES string of the molecule is O=C(CCN1C(=O)Cc2ccccc2C1=O)OCC(=O)N1CCCC1=O. The third kappa shape index (κ3) is 3.63. The van der Waals surface area contributed by atoms with E-state index >= 15 is 0 Å². The summed E-state index contributed by atoms with van der Waals surface area (Å²) in [4.78, 5) is 61.7. The number of benzene rings is 1. The van der Waals surface area contributed by atoms with Crippen molar-refractivity contribution in [2.75, 3.05) is 19.7 Å². The van der Waals surface area contributed by atoms with Gasteiger partial charge in [0.1, 0.15) is 0 Å². The van der Waals surface area contributed by atoms with Crippen molar-refractivity contribution in [3.8, 4) is 0 Å². The van der Waals surface area contributed by atoms with Crippen molar-refractivity contribution >= 4 is 29.6 Å². The Balaban J connectivity index is 1.50. The zero-order valence-electron chi connectivity index (χ0n) is 14.1. The first-order chi connectivity index (χ1) is 12.5. The molecule has 0 bridgehead atoms. The summed E-state index contributed by atoms with van der Waals surface area (Å²) >= 11 is 0. The monoisotopic (exact) mass is 358 g/mol. The predicted octanol–water partition coefficient (Wildman–Crippen LogP) is 0.294. The first-order valence-electron chi connectivity index (χ1n) is 8.39. The Labute approximate surface area is 149 Å². The number of ether oxygens (including phenoxy) is 1. The van der Waals surface area contributed by atoms with E-state index in [4.69, 9.17) is 4.74 Å². The highest BCUT2D eigenvalue weighted by molar-refractivity contribution is 6.09. The van der Waals surface area contributed by atoms with Gasteiger partial charge in [0.25, 0.3) is 11.8 Å². The molecule has 4 amide bonds. The maximum absolute atomic E-state index is 12.4. The summed E-state index contributed by atoms with van der Waals surface area (Å²) in [6.45, 7) is -0.289. The van der Waals surface area contributed by atoms with Gasteiger partial charge in [-0.05, 0) is 18.1 Å². The summed E-state index contributed by atoms with van der Waals surface area (Å²) in [5, 5.41) is 0. The van der Waals surface area contributed by atoms with Crippen LogP contribution in [0, 0.1) is 0 Å². The summed E-state index contributed by atoms with van der Waals surface area (Å²) in [7, 11) is 0. The molecular weight excluding hydrogens is 340 g/mol. The number of hydrogen-bond acceptors (Lipinski definition) is 6. The largest absolute Gasteiger partial charge is 0.455 e. The average Bonchev–Trinajstić information content (AvgIpc) is 3.05. The topological polar surface area (TPSA) is 101 Å². The van der Waals surface area contributed by atoms with E-state index in [1.54, 1.807) is 24.3 Å². The van der Waals surface area contributed by atoms with Crippen molar-refractivity contribution in [3.05, 3.63) is 35.4 Å². The van der Waals surface area contributed by atoms with Gasteiger partial charge in [-0.2, -0.15) is 0 Å². The number of carbonyl (C=O) groups is 5. The van der Waals surface area contributed by atoms with Gasteiger partial charge in [-0.15, -0.1) is 0 Å². The highest BCUT2D eigenvalue weighted by Gasteiger charge is 2.31. The van der Waals surface area contributed by atoms with Gasteiger partial charge in [0.2, 0.25) is 11.8 Å². The standard InChI is InChI=1S/C18H18N2O6/c21-14-6-3-8-19(14)16(23)11-26-17(24)7-9-20-15(22)10-12-4-1-2-5-13(12)18(20)25/h1-2,4-5H,3,6-11H2. The number of likely N-dealkylation sites (tertiary alicyclic amines) is 1. The van der Waals surface area contributed by atoms with Crippen molar-refractivity contribution in [3.63, 3.8) is 0 Å². The van der Waals surface area contributed by atoms with Crippen molar-refractivity contribution in [2.24, 2.45) is 0 Å². The van der Waals surface area contributed by atoms with Crippen LogP contribution in [0.5, 0.6) is 0 Å². The van der Waals surface area contributed by atoms with Crippen molar-refractivity contribution < 1.29 is 28.7 Å². The molecule has 2 aliphatic heterocycles. The van der Waals surface area contributed by atoms with Crippen molar-refractivity contribution in [1.29, 1.82) is 0 Å². The molecule has 0 aliphatic carbocycles. The predicted molar refractivity (Wildman–Crippen MR) is 87.7 cm³/mol. The van der Waals surface area contributed by atoms with Crippen LogP contribution in [0.1, 0.15) is 35.2 Å². The van der Waals surface area contributed by atoms with Crippen LogP contribution in [0.15, 0.2) is 24.3 Å². The van der Waals surface area contributed by atoms with E-state index in [9.17, 15) is 24.0 Å². The molecule has 8 nitrogen and oxygen atoms in total. The molecule has 0 unspecified atom stereocenters. The van der Waals surface area contributed by atoms with Crippen molar-refractivity contribution in [2.45, 2.75) is 25.7 Å². The van der Waals surface area contributed by atoms with Gasteiger partial charge < -0.3 is 4.74 Å². The number of amides is 4. The summed E-state index contributed by atoms with van der Waals surface area (Å²) < 4.78 is 4.86. The molecule has 1 aromatic carbocycles. The quantitative estimate of drug-likeness (QED) is 0.554. The second-order valence-corrected chi connectivity index (χ2v) is 6.14. The number of carbonyl (C=O) groups excluding carboxylic acids is 5. The molecule has 1 fully saturated rings. The van der Waals surface area contributed by atoms with E-state index in [0.29, 0.717) is 30.5 Å². The molecule has 0 atom stereocenters. The van der Waals surface area contributed by atoms with Crippen LogP contribution >= 0.6 is 0 Å². The lowest BCUT2D eigenvalue weighted by Gasteiger charge is -2.26. The second-order valence-electron chi connectivity index (χ2n) is 6.14. The van der Waals surface area contributed by atoms with Gasteiger partial charge in [-0.25, -0.2) is 0 Å². The molecule has 0 saturated carbocycles. The summed E-state index contributed by atoms with van der Waals surface area (Å²) in [5.74, 6) is -2.35. The zero-order valence-corrected chi connectivity index (χ0v) is 14.1. The number of esters is 1. The van der Waals surface area contributed by atoms with Gasteiger partial charge >= 0.3 is 5.97 Å². The van der Waals surface area contributed by atoms with Crippen LogP contribution in [-0.4, -0.2) is 59.1 Å². The van der Waals surface area contributed by atoms with Crippen LogP contribution in [0.25, 0.3) is 0 Å². The molecule has 0 radical (unpaired) electrons. The second kappa shape index (κ2) is 7.47. The molecule has 136 valence electrons. The van der Waals surface area contributed by atoms with E-state index < -0.39 is 24.4 Å². The number of rotatable bonds is 5. The molecule has 2 heterocycles. The minimum atomic E-state index is -0.704. The molecule has 2 aliphatic rings. The normalized spacial score (nSPS) is 16.7. The van der Waals surface area contributed by atoms with Crippen molar-refractivity contribution in [1.82, 2.24) is 9.80 Å². The number of nitrogens with zero attached hydrogens (tertiary/aromatic N) is 2. The fraction of sp³-hybridized carbons (Fsp3) is 0.389. The lowest BCUT2D eigenvalue weighted by Crippen LogP contribution is -2.43. The van der Waals surface area contributed by atoms with E-state index in [1.165, 1.54) is 0 Å². The Morgan fingerprint density at radius 2 is 1.85 bits per heavy atom. The lowest BCUT2D eigenvalue weighted by molar-refractivity contribution is -0.155. The molecule has 26 heavy (non-hydrogen) atoms. The Morgan fingerprint density at radius 3 is 2.58 bits per heavy atom. The Morgan fingerprint density at radius 1 is 1.08 bits per heavy atom. The zero-order chi connectivity index (χ0) is 18.7. The number of hydrogen-bond donors (Lipinski definition) is 0. The summed E-state index contributed by atoms with van der Waals surface area (Å²) in [6, 6.07) is 6.84. The first kappa shape index (κ1) is 17.8. The minimum absolute atomic E-state index is 0.104. The van der Waals surface area contributed by atoms with Gasteiger partial charge in [-0.1, -0.05) is 18.2 Å². The van der Waals surface area contributed by atoms with Crippen LogP contribution in [0.4, 0.5) is 0 Å². The van der Waals surface area contributed by atoms with E-state index in [0.717, 1.165) is 9.80 Å². The summed E-state index contributed by atoms with van der Waals surface area (Å²) in [5.41, 5.74) is 1.12. The maximum atomic E-state index is 12.4. The van der Waals surface area contributed by atoms with E-state index in [-0.39, 0.29) is 31.2 Å². The Hall–Kier alpha value is -3.03. The molecule has 8 heteroatoms. The van der Waals surface area contributed by atoms with E-state index in [2.05, 4.69) is 0 Å². The first-order valence-corrected chi connectivity index (χ1v) is 8.39. The van der Waals surface area contributed by atoms with Gasteiger partial charge in [-0.3, -0.25) is 33.8 Å². The molecule has 1 aromatic rings. The fourth-order valence-electron chi connectivity index (χ4n) is 3.03. The van der Waals surface area contributed by atoms with Crippen LogP contribution in [0.2, 0.25) is 0 Å². The smallest absolute Gasteiger partial charge is 0.308 e. The minimum Gasteiger partial charge on any atom is -0.455 e. The number of fused-ring (bicyclic) bond motifs is 1. The van der Waals surface area contributed by atoms with Crippen LogP contribution in [-0.2, 0) is 30.3 Å². The molecule has 3 rings (SSSR count). The molecule has 0 N–H and O–H groups in total. The molecule has 0 spiro atoms. The van der Waals surface area contributed by atoms with Crippen LogP contribution in [0.3, 0.4) is 0 Å². The van der Waals surface area contributed by atoms with Gasteiger partial charge in [0.15, 0.2) is 6.61 Å². The highest BCUT2D eigenvalue weighted by Crippen LogP contribution is 2.19. The van der Waals surface area contributed by atoms with Gasteiger partial charge in [0.05, 0.1) is 12.8 Å². The average molecular weight is 358 g/mol. The fourth-order valence-corrected chi connectivity index (χ4v) is 3.03. The summed E-state index contributed by atoms with van der Waals surface area (Å²) in [6.07, 6.45) is 0.826. The lowest BCUT2D eigenvalue weighted by atomic mass is 9.98. The van der Waals surface area contributed by atoms with E-state index in [1.807, 2.05) is 0 Å². The third-order valence-electron chi connectivity index (χ3n) is 4.41. The van der Waals surface area contributed by atoms with Crippen LogP contribution < -0.4 is 0 Å². The van der Waals surface area contributed by atoms with Gasteiger partial charge in [0, 0.05) is 25.1 Å². The third-order valence-corrected chi connectivity index (χ3v) is 4.41.